The van der Waals surface area contributed by atoms with Crippen molar-refractivity contribution in [2.24, 2.45) is 0 Å². The number of nitriles is 1. The Kier molecular flexibility index (Phi) is 4.80. The standard InChI is InChI=1S/C14H13N3O2S/c1-10-7-13(17-19-10)16-14(18)5-6-20-12-4-2-3-11(8-12)9-15/h2-4,7-8H,5-6H2,1H3,(H,16,17,18). The minimum absolute atomic E-state index is 0.109. The third-order valence-corrected chi connectivity index (χ3v) is 3.45. The summed E-state index contributed by atoms with van der Waals surface area (Å²) in [5, 5.41) is 15.2. The quantitative estimate of drug-likeness (QED) is 0.855. The zero-order valence-electron chi connectivity index (χ0n) is 10.9. The summed E-state index contributed by atoms with van der Waals surface area (Å²) in [6.45, 7) is 1.76. The van der Waals surface area contributed by atoms with Crippen molar-refractivity contribution in [3.05, 3.63) is 41.7 Å². The number of thioether (sulfide) groups is 1. The number of amides is 1. The van der Waals surface area contributed by atoms with Gasteiger partial charge in [0.25, 0.3) is 0 Å². The molecule has 1 heterocycles. The summed E-state index contributed by atoms with van der Waals surface area (Å²) in [5.74, 6) is 1.62. The van der Waals surface area contributed by atoms with Crippen LogP contribution < -0.4 is 5.32 Å². The van der Waals surface area contributed by atoms with Gasteiger partial charge in [-0.05, 0) is 25.1 Å². The maximum atomic E-state index is 11.7. The summed E-state index contributed by atoms with van der Waals surface area (Å²) in [6, 6.07) is 11.1. The number of nitrogens with one attached hydrogen (secondary N) is 1. The number of benzene rings is 1. The third kappa shape index (κ3) is 4.14. The van der Waals surface area contributed by atoms with Crippen LogP contribution in [0, 0.1) is 18.3 Å². The summed E-state index contributed by atoms with van der Waals surface area (Å²) in [7, 11) is 0. The number of carbonyl (C=O) groups excluding carboxylic acids is 1. The molecule has 5 nitrogen and oxygen atoms in total. The van der Waals surface area contributed by atoms with Crippen molar-refractivity contribution in [1.29, 1.82) is 5.26 Å². The fourth-order valence-electron chi connectivity index (χ4n) is 1.55. The molecular weight excluding hydrogens is 274 g/mol. The minimum atomic E-state index is -0.109. The number of aryl methyl sites for hydroxylation is 1. The molecule has 0 unspecified atom stereocenters. The first-order valence-electron chi connectivity index (χ1n) is 6.03. The molecule has 0 spiro atoms. The van der Waals surface area contributed by atoms with Crippen LogP contribution in [0.5, 0.6) is 0 Å². The van der Waals surface area contributed by atoms with Crippen molar-refractivity contribution in [2.75, 3.05) is 11.1 Å². The Morgan fingerprint density at radius 3 is 3.05 bits per heavy atom. The number of hydrogen-bond donors (Lipinski definition) is 1. The highest BCUT2D eigenvalue weighted by atomic mass is 32.2. The lowest BCUT2D eigenvalue weighted by Crippen LogP contribution is -2.12. The van der Waals surface area contributed by atoms with E-state index in [2.05, 4.69) is 16.5 Å². The normalized spacial score (nSPS) is 10.0. The summed E-state index contributed by atoms with van der Waals surface area (Å²) in [6.07, 6.45) is 0.368. The van der Waals surface area contributed by atoms with Crippen molar-refractivity contribution >= 4 is 23.5 Å². The molecule has 0 saturated carbocycles. The van der Waals surface area contributed by atoms with Gasteiger partial charge in [-0.15, -0.1) is 11.8 Å². The molecule has 0 saturated heterocycles. The SMILES string of the molecule is Cc1cc(NC(=O)CCSc2cccc(C#N)c2)no1. The summed E-state index contributed by atoms with van der Waals surface area (Å²) >= 11 is 1.54. The van der Waals surface area contributed by atoms with Crippen LogP contribution in [0.1, 0.15) is 17.7 Å². The molecule has 20 heavy (non-hydrogen) atoms. The van der Waals surface area contributed by atoms with Crippen LogP contribution in [0.4, 0.5) is 5.82 Å². The number of carbonyl (C=O) groups is 1. The molecule has 1 N–H and O–H groups in total. The monoisotopic (exact) mass is 287 g/mol. The minimum Gasteiger partial charge on any atom is -0.360 e. The number of anilines is 1. The maximum Gasteiger partial charge on any atom is 0.226 e. The van der Waals surface area contributed by atoms with E-state index in [9.17, 15) is 4.79 Å². The van der Waals surface area contributed by atoms with Gasteiger partial charge in [0, 0.05) is 23.1 Å². The van der Waals surface area contributed by atoms with Gasteiger partial charge in [0.05, 0.1) is 11.6 Å². The van der Waals surface area contributed by atoms with E-state index in [0.29, 0.717) is 29.3 Å². The Morgan fingerprint density at radius 1 is 1.50 bits per heavy atom. The van der Waals surface area contributed by atoms with E-state index in [1.165, 1.54) is 11.8 Å². The van der Waals surface area contributed by atoms with Crippen LogP contribution in [-0.4, -0.2) is 16.8 Å². The third-order valence-electron chi connectivity index (χ3n) is 2.46. The molecule has 0 aliphatic carbocycles. The zero-order valence-corrected chi connectivity index (χ0v) is 11.7. The molecule has 2 rings (SSSR count). The first-order valence-corrected chi connectivity index (χ1v) is 7.02. The van der Waals surface area contributed by atoms with Crippen LogP contribution in [0.25, 0.3) is 0 Å². The van der Waals surface area contributed by atoms with Crippen molar-refractivity contribution in [1.82, 2.24) is 5.16 Å². The van der Waals surface area contributed by atoms with Crippen molar-refractivity contribution in [2.45, 2.75) is 18.2 Å². The van der Waals surface area contributed by atoms with Crippen molar-refractivity contribution in [3.8, 4) is 6.07 Å². The average molecular weight is 287 g/mol. The second kappa shape index (κ2) is 6.78. The van der Waals surface area contributed by atoms with E-state index in [4.69, 9.17) is 9.78 Å². The van der Waals surface area contributed by atoms with Gasteiger partial charge in [-0.2, -0.15) is 5.26 Å². The van der Waals surface area contributed by atoms with Crippen LogP contribution in [0.3, 0.4) is 0 Å². The zero-order chi connectivity index (χ0) is 14.4. The van der Waals surface area contributed by atoms with E-state index in [1.807, 2.05) is 18.2 Å². The smallest absolute Gasteiger partial charge is 0.226 e. The highest BCUT2D eigenvalue weighted by molar-refractivity contribution is 7.99. The molecule has 0 atom stereocenters. The van der Waals surface area contributed by atoms with Crippen molar-refractivity contribution in [3.63, 3.8) is 0 Å². The van der Waals surface area contributed by atoms with Gasteiger partial charge < -0.3 is 9.84 Å². The Labute approximate surface area is 121 Å². The van der Waals surface area contributed by atoms with E-state index >= 15 is 0 Å². The van der Waals surface area contributed by atoms with Gasteiger partial charge in [0.2, 0.25) is 5.91 Å². The summed E-state index contributed by atoms with van der Waals surface area (Å²) < 4.78 is 4.86. The average Bonchev–Trinajstić information content (AvgIpc) is 2.84. The van der Waals surface area contributed by atoms with Crippen LogP contribution in [0.2, 0.25) is 0 Å². The molecule has 1 aromatic carbocycles. The van der Waals surface area contributed by atoms with E-state index in [-0.39, 0.29) is 5.91 Å². The van der Waals surface area contributed by atoms with Gasteiger partial charge in [-0.1, -0.05) is 11.2 Å². The first kappa shape index (κ1) is 14.2. The molecule has 1 amide bonds. The van der Waals surface area contributed by atoms with Crippen LogP contribution in [-0.2, 0) is 4.79 Å². The molecule has 1 aromatic heterocycles. The first-order chi connectivity index (χ1) is 9.67. The van der Waals surface area contributed by atoms with Gasteiger partial charge in [0.15, 0.2) is 5.82 Å². The fraction of sp³-hybridized carbons (Fsp3) is 0.214. The Bertz CT molecular complexity index is 646. The largest absolute Gasteiger partial charge is 0.360 e. The lowest BCUT2D eigenvalue weighted by atomic mass is 10.2. The summed E-state index contributed by atoms with van der Waals surface area (Å²) in [5.41, 5.74) is 0.623. The Hall–Kier alpha value is -2.26. The van der Waals surface area contributed by atoms with E-state index in [1.54, 1.807) is 19.1 Å². The molecule has 0 aliphatic heterocycles. The van der Waals surface area contributed by atoms with Gasteiger partial charge in [-0.3, -0.25) is 4.79 Å². The molecule has 0 bridgehead atoms. The molecule has 0 fully saturated rings. The lowest BCUT2D eigenvalue weighted by Gasteiger charge is -2.02. The molecular formula is C14H13N3O2S. The predicted octanol–water partition coefficient (Wildman–Crippen LogP) is 2.98. The number of nitrogens with zero attached hydrogens (tertiary/aromatic N) is 2. The highest BCUT2D eigenvalue weighted by Gasteiger charge is 2.06. The second-order valence-electron chi connectivity index (χ2n) is 4.11. The molecule has 0 aliphatic rings. The van der Waals surface area contributed by atoms with Crippen molar-refractivity contribution < 1.29 is 9.32 Å². The van der Waals surface area contributed by atoms with Crippen LogP contribution >= 0.6 is 11.8 Å². The van der Waals surface area contributed by atoms with Crippen LogP contribution in [0.15, 0.2) is 39.8 Å². The molecule has 2 aromatic rings. The summed E-state index contributed by atoms with van der Waals surface area (Å²) in [4.78, 5) is 12.7. The molecule has 102 valence electrons. The maximum absolute atomic E-state index is 11.7. The number of rotatable bonds is 5. The Balaban J connectivity index is 1.78. The Morgan fingerprint density at radius 2 is 2.35 bits per heavy atom. The molecule has 6 heteroatoms. The van der Waals surface area contributed by atoms with Gasteiger partial charge in [-0.25, -0.2) is 0 Å². The van der Waals surface area contributed by atoms with E-state index < -0.39 is 0 Å². The second-order valence-corrected chi connectivity index (χ2v) is 5.28. The lowest BCUT2D eigenvalue weighted by molar-refractivity contribution is -0.115. The van der Waals surface area contributed by atoms with E-state index in [0.717, 1.165) is 4.90 Å². The molecule has 0 radical (unpaired) electrons. The predicted molar refractivity (Wildman–Crippen MR) is 76.4 cm³/mol. The highest BCUT2D eigenvalue weighted by Crippen LogP contribution is 2.20. The number of aromatic nitrogens is 1. The van der Waals surface area contributed by atoms with Gasteiger partial charge >= 0.3 is 0 Å². The topological polar surface area (TPSA) is 78.9 Å². The fourth-order valence-corrected chi connectivity index (χ4v) is 2.46. The number of hydrogen-bond acceptors (Lipinski definition) is 5. The van der Waals surface area contributed by atoms with Gasteiger partial charge in [0.1, 0.15) is 5.76 Å².